The fourth-order valence-corrected chi connectivity index (χ4v) is 6.97. The molecule has 214 valence electrons. The highest BCUT2D eigenvalue weighted by Gasteiger charge is 2.79. The molecule has 0 aromatic rings. The van der Waals surface area contributed by atoms with Crippen LogP contribution in [-0.4, -0.2) is 81.8 Å². The van der Waals surface area contributed by atoms with Gasteiger partial charge < -0.3 is 24.4 Å². The molecule has 7 atom stereocenters. The molecule has 0 aromatic carbocycles. The van der Waals surface area contributed by atoms with E-state index in [1.54, 1.807) is 15.9 Å². The van der Waals surface area contributed by atoms with E-state index in [1.165, 1.54) is 0 Å². The third-order valence-corrected chi connectivity index (χ3v) is 9.23. The molecule has 3 saturated heterocycles. The molecule has 3 rings (SSSR count). The molecule has 3 fully saturated rings. The Labute approximate surface area is 228 Å². The van der Waals surface area contributed by atoms with E-state index < -0.39 is 41.1 Å². The van der Waals surface area contributed by atoms with Crippen molar-refractivity contribution in [2.75, 3.05) is 19.8 Å². The third-order valence-electron chi connectivity index (χ3n) is 9.23. The number of carbonyl (C=O) groups excluding carboxylic acids is 3. The molecule has 8 heteroatoms. The number of amides is 2. The second-order valence-electron chi connectivity index (χ2n) is 11.5. The molecule has 0 aliphatic carbocycles. The number of hydrogen-bond donors (Lipinski definition) is 1. The van der Waals surface area contributed by atoms with Crippen molar-refractivity contribution in [3.05, 3.63) is 25.3 Å². The number of aliphatic hydroxyl groups excluding tert-OH is 1. The second kappa shape index (κ2) is 12.3. The smallest absolute Gasteiger partial charge is 0.312 e. The summed E-state index contributed by atoms with van der Waals surface area (Å²) in [6.07, 6.45) is 8.31. The number of hydrogen-bond acceptors (Lipinski definition) is 6. The third kappa shape index (κ3) is 4.94. The van der Waals surface area contributed by atoms with Crippen LogP contribution >= 0.6 is 0 Å². The number of allylic oxidation sites excluding steroid dienone is 1. The molecule has 0 radical (unpaired) electrons. The van der Waals surface area contributed by atoms with Gasteiger partial charge in [0.1, 0.15) is 17.6 Å². The van der Waals surface area contributed by atoms with Crippen molar-refractivity contribution in [3.8, 4) is 0 Å². The van der Waals surface area contributed by atoms with Crippen molar-refractivity contribution in [1.29, 1.82) is 0 Å². The topological polar surface area (TPSA) is 96.4 Å². The van der Waals surface area contributed by atoms with Crippen LogP contribution in [0.3, 0.4) is 0 Å². The molecule has 3 heterocycles. The Kier molecular flexibility index (Phi) is 9.85. The summed E-state index contributed by atoms with van der Waals surface area (Å²) in [5, 5.41) is 10.5. The van der Waals surface area contributed by atoms with Gasteiger partial charge in [0.25, 0.3) is 0 Å². The highest BCUT2D eigenvalue weighted by molar-refractivity contribution is 5.99. The predicted octanol–water partition coefficient (Wildman–Crippen LogP) is 3.87. The van der Waals surface area contributed by atoms with Gasteiger partial charge in [0.2, 0.25) is 11.8 Å². The second-order valence-corrected chi connectivity index (χ2v) is 11.5. The first-order valence-corrected chi connectivity index (χ1v) is 14.4. The number of aliphatic hydroxyl groups is 1. The lowest BCUT2D eigenvalue weighted by Gasteiger charge is -2.42. The molecule has 2 amide bonds. The average molecular weight is 533 g/mol. The Morgan fingerprint density at radius 3 is 2.47 bits per heavy atom. The molecule has 1 N–H and O–H groups in total. The van der Waals surface area contributed by atoms with Crippen LogP contribution in [0.5, 0.6) is 0 Å². The van der Waals surface area contributed by atoms with Crippen molar-refractivity contribution >= 4 is 17.8 Å². The largest absolute Gasteiger partial charge is 0.465 e. The lowest BCUT2D eigenvalue weighted by molar-refractivity contribution is -0.164. The predicted molar refractivity (Wildman–Crippen MR) is 146 cm³/mol. The Morgan fingerprint density at radius 1 is 1.21 bits per heavy atom. The summed E-state index contributed by atoms with van der Waals surface area (Å²) in [5.41, 5.74) is -1.97. The average Bonchev–Trinajstić information content (AvgIpc) is 3.50. The maximum absolute atomic E-state index is 14.4. The molecule has 2 unspecified atom stereocenters. The summed E-state index contributed by atoms with van der Waals surface area (Å²) in [4.78, 5) is 45.6. The molecule has 3 aliphatic heterocycles. The summed E-state index contributed by atoms with van der Waals surface area (Å²) in [5.74, 6) is -2.57. The summed E-state index contributed by atoms with van der Waals surface area (Å²) < 4.78 is 12.6. The number of likely N-dealkylation sites (tertiary alicyclic amines) is 1. The SMILES string of the molecule is C=CCCCCOC(=O)[C@H]1[C@H]2C(=O)N([C@@H](CO)[C@@H](C)CC)C(C(=O)N(CC=C)C(C)C)C23CC[C@]1(CC)O3. The zero-order chi connectivity index (χ0) is 28.3. The number of carbonyl (C=O) groups is 3. The maximum Gasteiger partial charge on any atom is 0.312 e. The molecule has 8 nitrogen and oxygen atoms in total. The van der Waals surface area contributed by atoms with Crippen LogP contribution in [0.25, 0.3) is 0 Å². The Balaban J connectivity index is 2.07. The standard InChI is InChI=1S/C30H48N2O6/c1-8-12-13-14-18-37-28(36)24-23-26(34)32(22(19-33)21(7)10-3)25(27(35)31(17-9-2)20(5)6)30(23)16-15-29(24,11-4)38-30/h8-9,20-25,33H,1-2,10-19H2,3-7H3/t21-,22-,23-,24+,25?,29-,30?/m0/s1. The summed E-state index contributed by atoms with van der Waals surface area (Å²) in [6.45, 7) is 17.7. The van der Waals surface area contributed by atoms with Gasteiger partial charge in [-0.1, -0.05) is 39.3 Å². The van der Waals surface area contributed by atoms with Crippen LogP contribution in [-0.2, 0) is 23.9 Å². The Hall–Kier alpha value is -2.19. The van der Waals surface area contributed by atoms with Gasteiger partial charge in [-0.3, -0.25) is 14.4 Å². The van der Waals surface area contributed by atoms with Crippen LogP contribution in [0.1, 0.15) is 79.6 Å². The number of ether oxygens (including phenoxy) is 2. The first-order chi connectivity index (χ1) is 18.1. The minimum Gasteiger partial charge on any atom is -0.465 e. The van der Waals surface area contributed by atoms with Crippen molar-refractivity contribution in [2.45, 2.75) is 109 Å². The normalized spacial score (nSPS) is 31.3. The van der Waals surface area contributed by atoms with E-state index in [4.69, 9.17) is 9.47 Å². The molecule has 38 heavy (non-hydrogen) atoms. The van der Waals surface area contributed by atoms with Crippen molar-refractivity contribution in [3.63, 3.8) is 0 Å². The Bertz CT molecular complexity index is 905. The van der Waals surface area contributed by atoms with E-state index >= 15 is 0 Å². The van der Waals surface area contributed by atoms with E-state index in [1.807, 2.05) is 40.7 Å². The van der Waals surface area contributed by atoms with Gasteiger partial charge in [0, 0.05) is 12.6 Å². The molecule has 1 spiro atoms. The first kappa shape index (κ1) is 30.4. The van der Waals surface area contributed by atoms with Crippen LogP contribution in [0.15, 0.2) is 25.3 Å². The minimum atomic E-state index is -1.13. The van der Waals surface area contributed by atoms with Crippen LogP contribution in [0.2, 0.25) is 0 Å². The maximum atomic E-state index is 14.4. The van der Waals surface area contributed by atoms with Gasteiger partial charge >= 0.3 is 5.97 Å². The molecular weight excluding hydrogens is 484 g/mol. The lowest BCUT2D eigenvalue weighted by atomic mass is 9.65. The number of rotatable bonds is 15. The monoisotopic (exact) mass is 532 g/mol. The number of esters is 1. The zero-order valence-electron chi connectivity index (χ0n) is 24.0. The van der Waals surface area contributed by atoms with E-state index in [-0.39, 0.29) is 37.0 Å². The van der Waals surface area contributed by atoms with Crippen LogP contribution in [0, 0.1) is 17.8 Å². The van der Waals surface area contributed by atoms with Crippen molar-refractivity contribution in [2.24, 2.45) is 17.8 Å². The van der Waals surface area contributed by atoms with E-state index in [9.17, 15) is 19.5 Å². The lowest BCUT2D eigenvalue weighted by Crippen LogP contribution is -2.60. The fourth-order valence-electron chi connectivity index (χ4n) is 6.97. The van der Waals surface area contributed by atoms with E-state index in [0.29, 0.717) is 32.2 Å². The molecule has 0 aromatic heterocycles. The molecule has 3 aliphatic rings. The number of nitrogens with zero attached hydrogens (tertiary/aromatic N) is 2. The van der Waals surface area contributed by atoms with Gasteiger partial charge in [0.15, 0.2) is 0 Å². The van der Waals surface area contributed by atoms with Crippen molar-refractivity contribution < 1.29 is 29.0 Å². The van der Waals surface area contributed by atoms with Crippen molar-refractivity contribution in [1.82, 2.24) is 9.80 Å². The summed E-state index contributed by atoms with van der Waals surface area (Å²) >= 11 is 0. The van der Waals surface area contributed by atoms with E-state index in [0.717, 1.165) is 19.3 Å². The zero-order valence-corrected chi connectivity index (χ0v) is 24.0. The van der Waals surface area contributed by atoms with Gasteiger partial charge in [-0.05, 0) is 58.3 Å². The number of fused-ring (bicyclic) bond motifs is 1. The van der Waals surface area contributed by atoms with Crippen LogP contribution in [0.4, 0.5) is 0 Å². The fraction of sp³-hybridized carbons (Fsp3) is 0.767. The van der Waals surface area contributed by atoms with Gasteiger partial charge in [-0.15, -0.1) is 13.2 Å². The van der Waals surface area contributed by atoms with Gasteiger partial charge in [-0.2, -0.15) is 0 Å². The first-order valence-electron chi connectivity index (χ1n) is 14.4. The van der Waals surface area contributed by atoms with E-state index in [2.05, 4.69) is 13.2 Å². The summed E-state index contributed by atoms with van der Waals surface area (Å²) in [7, 11) is 0. The highest BCUT2D eigenvalue weighted by Crippen LogP contribution is 2.65. The quantitative estimate of drug-likeness (QED) is 0.195. The number of unbranched alkanes of at least 4 members (excludes halogenated alkanes) is 2. The molecule has 0 saturated carbocycles. The molecule has 2 bridgehead atoms. The Morgan fingerprint density at radius 2 is 1.92 bits per heavy atom. The van der Waals surface area contributed by atoms with Crippen LogP contribution < -0.4 is 0 Å². The van der Waals surface area contributed by atoms with Gasteiger partial charge in [-0.25, -0.2) is 0 Å². The van der Waals surface area contributed by atoms with Gasteiger partial charge in [0.05, 0.1) is 30.8 Å². The minimum absolute atomic E-state index is 0.0472. The molecular formula is C30H48N2O6. The summed E-state index contributed by atoms with van der Waals surface area (Å²) in [6, 6.07) is -1.61. The highest BCUT2D eigenvalue weighted by atomic mass is 16.6.